The number of phenolic OH excluding ortho intramolecular Hbond substituents is 1. The van der Waals surface area contributed by atoms with Crippen molar-refractivity contribution >= 4 is 62.9 Å². The number of nitrogens with one attached hydrogen (secondary N) is 3. The van der Waals surface area contributed by atoms with Gasteiger partial charge in [0.25, 0.3) is 11.8 Å². The molecule has 6 aliphatic heterocycles. The molecule has 18 nitrogen and oxygen atoms in total. The molecule has 5 amide bonds. The van der Waals surface area contributed by atoms with Crippen LogP contribution in [0, 0.1) is 24.0 Å². The highest BCUT2D eigenvalue weighted by Crippen LogP contribution is 2.45. The maximum Gasteiger partial charge on any atom is 0.409 e. The third-order valence-corrected chi connectivity index (χ3v) is 16.2. The van der Waals surface area contributed by atoms with Crippen molar-refractivity contribution in [2.75, 3.05) is 63.2 Å². The maximum atomic E-state index is 17.2. The maximum absolute atomic E-state index is 17.2. The van der Waals surface area contributed by atoms with Crippen molar-refractivity contribution in [3.63, 3.8) is 0 Å². The van der Waals surface area contributed by atoms with Gasteiger partial charge in [-0.1, -0.05) is 49.5 Å². The van der Waals surface area contributed by atoms with Crippen molar-refractivity contribution in [1.82, 2.24) is 40.3 Å². The summed E-state index contributed by atoms with van der Waals surface area (Å²) in [5.41, 5.74) is 1.37. The second kappa shape index (κ2) is 21.0. The number of anilines is 2. The molecule has 0 aliphatic carbocycles. The summed E-state index contributed by atoms with van der Waals surface area (Å²) < 4.78 is 44.8. The average molecular weight is 1050 g/mol. The van der Waals surface area contributed by atoms with E-state index in [-0.39, 0.29) is 94.8 Å². The number of piperazine rings is 1. The van der Waals surface area contributed by atoms with Gasteiger partial charge in [-0.15, -0.1) is 6.42 Å². The lowest BCUT2D eigenvalue weighted by molar-refractivity contribution is -0.136. The number of benzene rings is 3. The number of unbranched alkanes of at least 4 members (excludes halogenated alkanes) is 4. The SMILES string of the molecule is C#Cc1c(F)ccc2cc(O)cc(-c3ncc4c(N5CC6CCC(C5)N6)nc(OC[C@@]56CC[C@@H](COC(=O)N(C)CCCCCCCNc7cccc8c7C(=O)N(C7CCC(=O)NC7=O)C8=O)N5CC(=C)C6)nc4c3F)c12. The number of terminal acetylenes is 1. The quantitative estimate of drug-likeness (QED) is 0.0326. The van der Waals surface area contributed by atoms with Crippen LogP contribution in [0.3, 0.4) is 0 Å². The molecule has 8 heterocycles. The second-order valence-corrected chi connectivity index (χ2v) is 21.3. The van der Waals surface area contributed by atoms with Crippen LogP contribution < -0.4 is 25.6 Å². The van der Waals surface area contributed by atoms with Gasteiger partial charge in [-0.2, -0.15) is 9.97 Å². The Morgan fingerprint density at radius 2 is 1.79 bits per heavy atom. The molecule has 11 rings (SSSR count). The highest BCUT2D eigenvalue weighted by Gasteiger charge is 2.52. The topological polar surface area (TPSA) is 212 Å². The molecule has 0 saturated carbocycles. The minimum absolute atomic E-state index is 0.0151. The Kier molecular flexibility index (Phi) is 14.0. The number of carbonyl (C=O) groups excluding carboxylic acids is 5. The molecule has 2 aromatic heterocycles. The first-order valence-electron chi connectivity index (χ1n) is 26.5. The van der Waals surface area contributed by atoms with Gasteiger partial charge in [0.15, 0.2) is 5.82 Å². The molecule has 0 radical (unpaired) electrons. The molecule has 5 fully saturated rings. The predicted molar refractivity (Wildman–Crippen MR) is 282 cm³/mol. The van der Waals surface area contributed by atoms with Crippen LogP contribution in [0.25, 0.3) is 32.9 Å². The van der Waals surface area contributed by atoms with Crippen molar-refractivity contribution in [1.29, 1.82) is 0 Å². The molecule has 2 bridgehead atoms. The number of piperidine rings is 1. The molecular weight excluding hydrogens is 991 g/mol. The van der Waals surface area contributed by atoms with Gasteiger partial charge in [0.05, 0.1) is 27.6 Å². The van der Waals surface area contributed by atoms with Crippen LogP contribution in [0.5, 0.6) is 11.8 Å². The fraction of sp³-hybridized carbons (Fsp3) is 0.439. The average Bonchev–Trinajstić information content (AvgIpc) is 4.26. The highest BCUT2D eigenvalue weighted by atomic mass is 19.1. The van der Waals surface area contributed by atoms with Gasteiger partial charge >= 0.3 is 12.1 Å². The summed E-state index contributed by atoms with van der Waals surface area (Å²) in [7, 11) is 1.73. The molecule has 5 saturated heterocycles. The Balaban J connectivity index is 0.691. The first-order chi connectivity index (χ1) is 37.2. The molecule has 20 heteroatoms. The number of pyridine rings is 1. The zero-order chi connectivity index (χ0) is 53.7. The lowest BCUT2D eigenvalue weighted by atomic mass is 9.94. The third-order valence-electron chi connectivity index (χ3n) is 16.2. The molecule has 77 heavy (non-hydrogen) atoms. The van der Waals surface area contributed by atoms with Crippen molar-refractivity contribution in [2.45, 2.75) is 107 Å². The molecule has 5 atom stereocenters. The van der Waals surface area contributed by atoms with Crippen molar-refractivity contribution in [2.24, 2.45) is 0 Å². The van der Waals surface area contributed by atoms with Crippen LogP contribution in [0.1, 0.15) is 103 Å². The van der Waals surface area contributed by atoms with E-state index in [0.29, 0.717) is 61.4 Å². The van der Waals surface area contributed by atoms with Crippen molar-refractivity contribution in [3.8, 4) is 35.4 Å². The molecule has 4 N–H and O–H groups in total. The fourth-order valence-electron chi connectivity index (χ4n) is 12.4. The van der Waals surface area contributed by atoms with Gasteiger partial charge < -0.3 is 35.0 Å². The molecule has 0 spiro atoms. The summed E-state index contributed by atoms with van der Waals surface area (Å²) in [5, 5.41) is 20.9. The number of aromatic hydroxyl groups is 1. The number of fused-ring (bicyclic) bond motifs is 6. The number of rotatable bonds is 17. The summed E-state index contributed by atoms with van der Waals surface area (Å²) in [6.45, 7) is 7.66. The minimum atomic E-state index is -1.03. The van der Waals surface area contributed by atoms with Crippen LogP contribution in [0.4, 0.5) is 25.1 Å². The molecule has 6 aliphatic rings. The van der Waals surface area contributed by atoms with E-state index < -0.39 is 52.9 Å². The molecule has 5 aromatic rings. The van der Waals surface area contributed by atoms with E-state index in [4.69, 9.17) is 25.9 Å². The monoisotopic (exact) mass is 1050 g/mol. The number of carbonyl (C=O) groups is 5. The summed E-state index contributed by atoms with van der Waals surface area (Å²) in [5.74, 6) is -0.904. The Hall–Kier alpha value is -7.76. The van der Waals surface area contributed by atoms with Gasteiger partial charge in [0.2, 0.25) is 11.8 Å². The Morgan fingerprint density at radius 1 is 1.00 bits per heavy atom. The van der Waals surface area contributed by atoms with E-state index in [2.05, 4.69) is 43.2 Å². The summed E-state index contributed by atoms with van der Waals surface area (Å²) in [6, 6.07) is 9.81. The number of phenols is 1. The van der Waals surface area contributed by atoms with Crippen molar-refractivity contribution in [3.05, 3.63) is 89.1 Å². The largest absolute Gasteiger partial charge is 0.508 e. The number of aromatic nitrogens is 3. The van der Waals surface area contributed by atoms with Gasteiger partial charge in [-0.3, -0.25) is 39.3 Å². The first-order valence-corrected chi connectivity index (χ1v) is 26.5. The van der Waals surface area contributed by atoms with Crippen LogP contribution in [-0.2, 0) is 14.3 Å². The van der Waals surface area contributed by atoms with Gasteiger partial charge in [0, 0.05) is 87.2 Å². The highest BCUT2D eigenvalue weighted by molar-refractivity contribution is 6.25. The van der Waals surface area contributed by atoms with Crippen LogP contribution in [0.2, 0.25) is 0 Å². The number of nitrogens with zero attached hydrogens (tertiary/aromatic N) is 7. The van der Waals surface area contributed by atoms with Gasteiger partial charge in [-0.05, 0) is 87.1 Å². The first kappa shape index (κ1) is 51.4. The number of ether oxygens (including phenoxy) is 2. The normalized spacial score (nSPS) is 22.9. The molecule has 400 valence electrons. The lowest BCUT2D eigenvalue weighted by Crippen LogP contribution is -2.54. The van der Waals surface area contributed by atoms with Crippen LogP contribution >= 0.6 is 0 Å². The lowest BCUT2D eigenvalue weighted by Gasteiger charge is -2.35. The number of hydrogen-bond donors (Lipinski definition) is 4. The number of hydrogen-bond acceptors (Lipinski definition) is 15. The standard InChI is InChI=1S/C57H60F2N10O8/c1-4-38-42(58)16-13-33-23-37(70)24-40(46(33)38)49-48(59)50-41(26-61-49)51(67-28-34-14-15-35(29-67)62-34)65-55(64-50)77-31-57-20-19-36(68(57)27-32(2)25-57)30-76-56(75)66(3)22-9-7-5-6-8-21-60-43-12-10-11-39-47(43)54(74)69(53(39)73)44-17-18-45(71)63-52(44)72/h1,10-13,16,23-24,26,34-36,44,60,62,70H,2,5-9,14-15,17-22,25,27-31H2,3H3,(H,63,71,72)/t34?,35?,36-,44?,57-/m0/s1. The van der Waals surface area contributed by atoms with E-state index in [9.17, 15) is 29.1 Å². The Morgan fingerprint density at radius 3 is 2.58 bits per heavy atom. The molecule has 3 aromatic carbocycles. The summed E-state index contributed by atoms with van der Waals surface area (Å²) in [6.07, 6.45) is 15.5. The number of amides is 5. The molecule has 3 unspecified atom stereocenters. The number of halogens is 2. The second-order valence-electron chi connectivity index (χ2n) is 21.3. The zero-order valence-corrected chi connectivity index (χ0v) is 42.8. The smallest absolute Gasteiger partial charge is 0.409 e. The summed E-state index contributed by atoms with van der Waals surface area (Å²) >= 11 is 0. The van der Waals surface area contributed by atoms with Crippen LogP contribution in [0.15, 0.2) is 60.8 Å². The van der Waals surface area contributed by atoms with E-state index >= 15 is 8.78 Å². The van der Waals surface area contributed by atoms with Gasteiger partial charge in [-0.25, -0.2) is 13.6 Å². The number of imide groups is 2. The fourth-order valence-corrected chi connectivity index (χ4v) is 12.4. The Labute approximate surface area is 443 Å². The van der Waals surface area contributed by atoms with E-state index in [0.717, 1.165) is 68.3 Å². The minimum Gasteiger partial charge on any atom is -0.508 e. The molecular formula is C57H60F2N10O8. The predicted octanol–water partition coefficient (Wildman–Crippen LogP) is 6.82. The van der Waals surface area contributed by atoms with E-state index in [1.54, 1.807) is 30.1 Å². The van der Waals surface area contributed by atoms with E-state index in [1.807, 2.05) is 0 Å². The summed E-state index contributed by atoms with van der Waals surface area (Å²) in [4.78, 5) is 85.2. The Bertz CT molecular complexity index is 3300. The third kappa shape index (κ3) is 9.75. The van der Waals surface area contributed by atoms with Crippen LogP contribution in [-0.4, -0.2) is 147 Å². The van der Waals surface area contributed by atoms with Gasteiger partial charge in [0.1, 0.15) is 47.9 Å². The van der Waals surface area contributed by atoms with Crippen molar-refractivity contribution < 1.29 is 47.3 Å². The van der Waals surface area contributed by atoms with E-state index in [1.165, 1.54) is 30.5 Å². The zero-order valence-electron chi connectivity index (χ0n) is 42.8.